The number of nitrogens with one attached hydrogen (secondary N) is 3. The third-order valence-electron chi connectivity index (χ3n) is 2.05. The molecule has 0 aliphatic heterocycles. The third kappa shape index (κ3) is 6.41. The summed E-state index contributed by atoms with van der Waals surface area (Å²) >= 11 is 0. The summed E-state index contributed by atoms with van der Waals surface area (Å²) in [6.07, 6.45) is -4.59. The van der Waals surface area contributed by atoms with Gasteiger partial charge in [0.2, 0.25) is 0 Å². The zero-order valence-corrected chi connectivity index (χ0v) is 10.9. The van der Waals surface area contributed by atoms with Gasteiger partial charge in [-0.2, -0.15) is 26.3 Å². The molecule has 1 aromatic rings. The normalized spacial score (nSPS) is 12.4. The van der Waals surface area contributed by atoms with E-state index in [0.717, 1.165) is 5.56 Å². The molecular weight excluding hydrogens is 283 g/mol. The summed E-state index contributed by atoms with van der Waals surface area (Å²) in [4.78, 5) is 0. The lowest BCUT2D eigenvalue weighted by molar-refractivity contribution is -0.121. The maximum absolute atomic E-state index is 11.9. The molecule has 0 saturated heterocycles. The molecule has 3 N–H and O–H groups in total. The van der Waals surface area contributed by atoms with E-state index in [-0.39, 0.29) is 5.69 Å². The van der Waals surface area contributed by atoms with Gasteiger partial charge in [-0.15, -0.1) is 0 Å². The van der Waals surface area contributed by atoms with E-state index in [1.165, 1.54) is 16.9 Å². The summed E-state index contributed by atoms with van der Waals surface area (Å²) in [5.74, 6) is 0. The van der Waals surface area contributed by atoms with E-state index in [9.17, 15) is 21.6 Å². The lowest BCUT2D eigenvalue weighted by Gasteiger charge is -2.11. The van der Waals surface area contributed by atoms with Crippen molar-refractivity contribution in [1.82, 2.24) is 10.0 Å². The summed E-state index contributed by atoms with van der Waals surface area (Å²) in [5.41, 5.74) is 1.11. The molecule has 0 spiro atoms. The maximum Gasteiger partial charge on any atom is 0.402 e. The SMILES string of the molecule is CNCc1ccc(NS(=O)(=O)NCC(F)(F)F)cc1. The molecule has 9 heteroatoms. The van der Waals surface area contributed by atoms with Crippen LogP contribution in [0.2, 0.25) is 0 Å². The van der Waals surface area contributed by atoms with Crippen LogP contribution in [-0.4, -0.2) is 28.2 Å². The van der Waals surface area contributed by atoms with Gasteiger partial charge in [0.05, 0.1) is 0 Å². The van der Waals surface area contributed by atoms with Crippen LogP contribution in [0.15, 0.2) is 24.3 Å². The summed E-state index contributed by atoms with van der Waals surface area (Å²) in [6, 6.07) is 6.27. The van der Waals surface area contributed by atoms with Crippen molar-refractivity contribution in [3.63, 3.8) is 0 Å². The van der Waals surface area contributed by atoms with Crippen LogP contribution in [0.5, 0.6) is 0 Å². The molecule has 0 fully saturated rings. The molecule has 0 bridgehead atoms. The van der Waals surface area contributed by atoms with Crippen LogP contribution in [0.25, 0.3) is 0 Å². The molecule has 1 aromatic carbocycles. The topological polar surface area (TPSA) is 70.2 Å². The summed E-state index contributed by atoms with van der Waals surface area (Å²) < 4.78 is 61.8. The lowest BCUT2D eigenvalue weighted by Crippen LogP contribution is -2.37. The van der Waals surface area contributed by atoms with Gasteiger partial charge >= 0.3 is 6.18 Å². The van der Waals surface area contributed by atoms with Crippen molar-refractivity contribution in [3.8, 4) is 0 Å². The first-order valence-electron chi connectivity index (χ1n) is 5.29. The van der Waals surface area contributed by atoms with Crippen molar-refractivity contribution in [1.29, 1.82) is 0 Å². The molecule has 0 unspecified atom stereocenters. The molecule has 0 heterocycles. The number of hydrogen-bond acceptors (Lipinski definition) is 3. The van der Waals surface area contributed by atoms with Gasteiger partial charge in [-0.3, -0.25) is 4.72 Å². The smallest absolute Gasteiger partial charge is 0.316 e. The monoisotopic (exact) mass is 297 g/mol. The molecule has 0 saturated carbocycles. The highest BCUT2D eigenvalue weighted by atomic mass is 32.2. The Morgan fingerprint density at radius 3 is 2.21 bits per heavy atom. The van der Waals surface area contributed by atoms with Crippen LogP contribution in [0, 0.1) is 0 Å². The van der Waals surface area contributed by atoms with Gasteiger partial charge in [0.15, 0.2) is 0 Å². The largest absolute Gasteiger partial charge is 0.402 e. The molecule has 0 aliphatic carbocycles. The van der Waals surface area contributed by atoms with Crippen molar-refractivity contribution in [2.24, 2.45) is 0 Å². The molecule has 0 radical (unpaired) electrons. The second kappa shape index (κ2) is 6.22. The van der Waals surface area contributed by atoms with Gasteiger partial charge < -0.3 is 5.32 Å². The van der Waals surface area contributed by atoms with Crippen LogP contribution < -0.4 is 14.8 Å². The van der Waals surface area contributed by atoms with Gasteiger partial charge in [0, 0.05) is 12.2 Å². The fourth-order valence-electron chi connectivity index (χ4n) is 1.26. The molecule has 108 valence electrons. The molecule has 0 aliphatic rings. The second-order valence-electron chi connectivity index (χ2n) is 3.77. The average molecular weight is 297 g/mol. The van der Waals surface area contributed by atoms with Crippen molar-refractivity contribution in [2.75, 3.05) is 18.3 Å². The van der Waals surface area contributed by atoms with Crippen LogP contribution in [0.3, 0.4) is 0 Å². The number of rotatable bonds is 6. The van der Waals surface area contributed by atoms with E-state index >= 15 is 0 Å². The third-order valence-corrected chi connectivity index (χ3v) is 3.08. The number of alkyl halides is 3. The number of anilines is 1. The minimum absolute atomic E-state index is 0.189. The van der Waals surface area contributed by atoms with E-state index in [1.807, 2.05) is 4.72 Å². The van der Waals surface area contributed by atoms with Gasteiger partial charge in [-0.1, -0.05) is 12.1 Å². The van der Waals surface area contributed by atoms with Crippen molar-refractivity contribution in [3.05, 3.63) is 29.8 Å². The van der Waals surface area contributed by atoms with E-state index in [0.29, 0.717) is 6.54 Å². The standard InChI is InChI=1S/C10H14F3N3O2S/c1-14-6-8-2-4-9(5-3-8)16-19(17,18)15-7-10(11,12)13/h2-5,14-16H,6-7H2,1H3. The van der Waals surface area contributed by atoms with Crippen molar-refractivity contribution < 1.29 is 21.6 Å². The molecule has 0 amide bonds. The summed E-state index contributed by atoms with van der Waals surface area (Å²) in [7, 11) is -2.47. The minimum Gasteiger partial charge on any atom is -0.316 e. The molecule has 0 atom stereocenters. The first kappa shape index (κ1) is 15.7. The zero-order chi connectivity index (χ0) is 14.5. The predicted molar refractivity (Wildman–Crippen MR) is 65.8 cm³/mol. The Labute approximate surface area is 109 Å². The van der Waals surface area contributed by atoms with Gasteiger partial charge in [-0.25, -0.2) is 0 Å². The first-order valence-corrected chi connectivity index (χ1v) is 6.78. The van der Waals surface area contributed by atoms with E-state index in [4.69, 9.17) is 0 Å². The predicted octanol–water partition coefficient (Wildman–Crippen LogP) is 1.21. The number of halogens is 3. The average Bonchev–Trinajstić information content (AvgIpc) is 2.29. The van der Waals surface area contributed by atoms with Crippen LogP contribution in [-0.2, 0) is 16.8 Å². The number of benzene rings is 1. The number of hydrogen-bond donors (Lipinski definition) is 3. The van der Waals surface area contributed by atoms with E-state index in [1.54, 1.807) is 19.2 Å². The Morgan fingerprint density at radius 2 is 1.74 bits per heavy atom. The molecule has 1 rings (SSSR count). The lowest BCUT2D eigenvalue weighted by atomic mass is 10.2. The summed E-state index contributed by atoms with van der Waals surface area (Å²) in [5, 5.41) is 2.91. The Hall–Kier alpha value is -1.32. The van der Waals surface area contributed by atoms with Crippen molar-refractivity contribution in [2.45, 2.75) is 12.7 Å². The Bertz CT molecular complexity index is 500. The van der Waals surface area contributed by atoms with Gasteiger partial charge in [-0.05, 0) is 24.7 Å². The molecule has 19 heavy (non-hydrogen) atoms. The highest BCUT2D eigenvalue weighted by Gasteiger charge is 2.29. The van der Waals surface area contributed by atoms with Crippen LogP contribution >= 0.6 is 0 Å². The minimum atomic E-state index is -4.59. The highest BCUT2D eigenvalue weighted by molar-refractivity contribution is 7.90. The highest BCUT2D eigenvalue weighted by Crippen LogP contribution is 2.14. The summed E-state index contributed by atoms with van der Waals surface area (Å²) in [6.45, 7) is -1.00. The zero-order valence-electron chi connectivity index (χ0n) is 10.1. The Morgan fingerprint density at radius 1 is 1.16 bits per heavy atom. The van der Waals surface area contributed by atoms with Crippen LogP contribution in [0.1, 0.15) is 5.56 Å². The van der Waals surface area contributed by atoms with E-state index < -0.39 is 22.9 Å². The molecule has 5 nitrogen and oxygen atoms in total. The molecule has 0 aromatic heterocycles. The van der Waals surface area contributed by atoms with Crippen molar-refractivity contribution >= 4 is 15.9 Å². The van der Waals surface area contributed by atoms with Gasteiger partial charge in [0.25, 0.3) is 10.2 Å². The fourth-order valence-corrected chi connectivity index (χ4v) is 2.14. The van der Waals surface area contributed by atoms with Crippen LogP contribution in [0.4, 0.5) is 18.9 Å². The van der Waals surface area contributed by atoms with Gasteiger partial charge in [0.1, 0.15) is 6.54 Å². The quantitative estimate of drug-likeness (QED) is 0.739. The van der Waals surface area contributed by atoms with E-state index in [2.05, 4.69) is 5.32 Å². The molecular formula is C10H14F3N3O2S. The maximum atomic E-state index is 11.9. The first-order chi connectivity index (χ1) is 8.72. The fraction of sp³-hybridized carbons (Fsp3) is 0.400. The second-order valence-corrected chi connectivity index (χ2v) is 5.27. The Kier molecular flexibility index (Phi) is 5.15. The Balaban J connectivity index is 2.62.